The van der Waals surface area contributed by atoms with E-state index < -0.39 is 0 Å². The summed E-state index contributed by atoms with van der Waals surface area (Å²) < 4.78 is 15.4. The summed E-state index contributed by atoms with van der Waals surface area (Å²) in [4.78, 5) is 4.67. The van der Waals surface area contributed by atoms with Crippen molar-refractivity contribution in [1.29, 1.82) is 0 Å². The molecule has 8 nitrogen and oxygen atoms in total. The van der Waals surface area contributed by atoms with Crippen molar-refractivity contribution in [3.05, 3.63) is 60.7 Å². The molecule has 2 aliphatic rings. The van der Waals surface area contributed by atoms with Gasteiger partial charge in [0.1, 0.15) is 12.4 Å². The number of fused-ring (bicyclic) bond motifs is 1. The van der Waals surface area contributed by atoms with Gasteiger partial charge in [-0.05, 0) is 38.0 Å². The van der Waals surface area contributed by atoms with Crippen LogP contribution in [-0.4, -0.2) is 50.2 Å². The molecule has 1 aliphatic carbocycles. The summed E-state index contributed by atoms with van der Waals surface area (Å²) in [5.74, 6) is 1.99. The Morgan fingerprint density at radius 3 is 2.71 bits per heavy atom. The SMILES string of the molecule is CC(COc1ccccc1)Nc1ncc2c(-c3cnn(C4COC4)c3)cc(C3CCCCC3)n2n1. The number of hydrogen-bond acceptors (Lipinski definition) is 6. The molecule has 0 spiro atoms. The zero-order valence-corrected chi connectivity index (χ0v) is 20.1. The van der Waals surface area contributed by atoms with Crippen LogP contribution in [0, 0.1) is 0 Å². The first-order valence-electron chi connectivity index (χ1n) is 12.7. The molecule has 35 heavy (non-hydrogen) atoms. The van der Waals surface area contributed by atoms with E-state index in [0.717, 1.165) is 35.6 Å². The number of rotatable bonds is 8. The maximum absolute atomic E-state index is 5.90. The van der Waals surface area contributed by atoms with Crippen LogP contribution in [0.4, 0.5) is 5.95 Å². The fourth-order valence-electron chi connectivity index (χ4n) is 5.05. The second-order valence-corrected chi connectivity index (χ2v) is 9.77. The third kappa shape index (κ3) is 4.62. The first-order chi connectivity index (χ1) is 17.2. The molecular weight excluding hydrogens is 440 g/mol. The maximum atomic E-state index is 5.90. The van der Waals surface area contributed by atoms with Crippen LogP contribution in [0.15, 0.2) is 55.0 Å². The van der Waals surface area contributed by atoms with Gasteiger partial charge in [-0.2, -0.15) is 5.10 Å². The first kappa shape index (κ1) is 22.1. The van der Waals surface area contributed by atoms with E-state index in [4.69, 9.17) is 14.6 Å². The number of nitrogens with zero attached hydrogens (tertiary/aromatic N) is 5. The second-order valence-electron chi connectivity index (χ2n) is 9.77. The normalized spacial score (nSPS) is 17.9. The lowest BCUT2D eigenvalue weighted by Gasteiger charge is -2.25. The average molecular weight is 473 g/mol. The molecule has 1 aromatic carbocycles. The van der Waals surface area contributed by atoms with Crippen molar-refractivity contribution in [2.24, 2.45) is 0 Å². The summed E-state index contributed by atoms with van der Waals surface area (Å²) in [6.45, 7) is 4.07. The summed E-state index contributed by atoms with van der Waals surface area (Å²) in [7, 11) is 0. The molecule has 6 rings (SSSR count). The zero-order valence-electron chi connectivity index (χ0n) is 20.1. The minimum absolute atomic E-state index is 0.0590. The minimum Gasteiger partial charge on any atom is -0.491 e. The van der Waals surface area contributed by atoms with Gasteiger partial charge in [-0.25, -0.2) is 9.50 Å². The molecule has 1 N–H and O–H groups in total. The van der Waals surface area contributed by atoms with Crippen molar-refractivity contribution in [1.82, 2.24) is 24.4 Å². The van der Waals surface area contributed by atoms with Crippen LogP contribution < -0.4 is 10.1 Å². The lowest BCUT2D eigenvalue weighted by Crippen LogP contribution is -2.30. The number of aromatic nitrogens is 5. The van der Waals surface area contributed by atoms with E-state index in [2.05, 4.69) is 39.1 Å². The Bertz CT molecular complexity index is 1270. The van der Waals surface area contributed by atoms with Crippen molar-refractivity contribution in [3.8, 4) is 16.9 Å². The van der Waals surface area contributed by atoms with Gasteiger partial charge >= 0.3 is 0 Å². The lowest BCUT2D eigenvalue weighted by molar-refractivity contribution is -0.0286. The molecule has 0 bridgehead atoms. The summed E-state index contributed by atoms with van der Waals surface area (Å²) >= 11 is 0. The summed E-state index contributed by atoms with van der Waals surface area (Å²) in [5, 5.41) is 13.0. The van der Waals surface area contributed by atoms with Gasteiger partial charge in [0.2, 0.25) is 5.95 Å². The van der Waals surface area contributed by atoms with Gasteiger partial charge in [0, 0.05) is 28.9 Å². The summed E-state index contributed by atoms with van der Waals surface area (Å²) in [6, 6.07) is 12.6. The van der Waals surface area contributed by atoms with Crippen LogP contribution in [0.2, 0.25) is 0 Å². The predicted octanol–water partition coefficient (Wildman–Crippen LogP) is 5.09. The Kier molecular flexibility index (Phi) is 6.12. The fourth-order valence-corrected chi connectivity index (χ4v) is 5.05. The summed E-state index contributed by atoms with van der Waals surface area (Å²) in [5.41, 5.74) is 4.54. The second kappa shape index (κ2) is 9.70. The van der Waals surface area contributed by atoms with Crippen molar-refractivity contribution in [2.75, 3.05) is 25.1 Å². The van der Waals surface area contributed by atoms with E-state index in [1.807, 2.05) is 47.4 Å². The molecule has 4 heterocycles. The van der Waals surface area contributed by atoms with Crippen LogP contribution in [0.3, 0.4) is 0 Å². The van der Waals surface area contributed by atoms with Gasteiger partial charge in [0.25, 0.3) is 0 Å². The highest BCUT2D eigenvalue weighted by Gasteiger charge is 2.25. The molecule has 1 saturated carbocycles. The van der Waals surface area contributed by atoms with Crippen LogP contribution in [0.25, 0.3) is 16.6 Å². The highest BCUT2D eigenvalue weighted by atomic mass is 16.5. The Hall–Kier alpha value is -3.39. The molecule has 0 amide bonds. The summed E-state index contributed by atoms with van der Waals surface area (Å²) in [6.07, 6.45) is 12.3. The van der Waals surface area contributed by atoms with Gasteiger partial charge in [0.15, 0.2) is 0 Å². The van der Waals surface area contributed by atoms with Crippen LogP contribution in [0.1, 0.15) is 56.7 Å². The van der Waals surface area contributed by atoms with E-state index in [1.165, 1.54) is 37.8 Å². The minimum atomic E-state index is 0.0590. The number of anilines is 1. The molecule has 1 atom stereocenters. The quantitative estimate of drug-likeness (QED) is 0.385. The monoisotopic (exact) mass is 472 g/mol. The molecule has 1 saturated heterocycles. The fraction of sp³-hybridized carbons (Fsp3) is 0.444. The molecule has 1 aliphatic heterocycles. The molecule has 182 valence electrons. The Balaban J connectivity index is 1.28. The van der Waals surface area contributed by atoms with Gasteiger partial charge in [-0.15, -0.1) is 5.10 Å². The largest absolute Gasteiger partial charge is 0.491 e. The highest BCUT2D eigenvalue weighted by Crippen LogP contribution is 2.37. The number of ether oxygens (including phenoxy) is 2. The van der Waals surface area contributed by atoms with Gasteiger partial charge in [-0.1, -0.05) is 37.5 Å². The van der Waals surface area contributed by atoms with E-state index in [-0.39, 0.29) is 6.04 Å². The smallest absolute Gasteiger partial charge is 0.241 e. The molecule has 8 heteroatoms. The van der Waals surface area contributed by atoms with Gasteiger partial charge in [0.05, 0.1) is 43.2 Å². The first-order valence-corrected chi connectivity index (χ1v) is 12.7. The third-order valence-electron chi connectivity index (χ3n) is 7.09. The van der Waals surface area contributed by atoms with Crippen molar-refractivity contribution < 1.29 is 9.47 Å². The number of hydrogen-bond donors (Lipinski definition) is 1. The number of para-hydroxylation sites is 1. The van der Waals surface area contributed by atoms with Crippen molar-refractivity contribution in [3.63, 3.8) is 0 Å². The predicted molar refractivity (Wildman–Crippen MR) is 135 cm³/mol. The average Bonchev–Trinajstić information content (AvgIpc) is 3.48. The van der Waals surface area contributed by atoms with Crippen LogP contribution in [0.5, 0.6) is 5.75 Å². The lowest BCUT2D eigenvalue weighted by atomic mass is 9.87. The Labute approximate surface area is 205 Å². The third-order valence-corrected chi connectivity index (χ3v) is 7.09. The van der Waals surface area contributed by atoms with Gasteiger partial charge in [-0.3, -0.25) is 4.68 Å². The molecule has 0 radical (unpaired) electrons. The van der Waals surface area contributed by atoms with E-state index in [1.54, 1.807) is 0 Å². The van der Waals surface area contributed by atoms with Gasteiger partial charge < -0.3 is 14.8 Å². The topological polar surface area (TPSA) is 78.5 Å². The van der Waals surface area contributed by atoms with Crippen molar-refractivity contribution in [2.45, 2.75) is 57.0 Å². The zero-order chi connectivity index (χ0) is 23.6. The molecule has 1 unspecified atom stereocenters. The molecular formula is C27H32N6O2. The highest BCUT2D eigenvalue weighted by molar-refractivity contribution is 5.81. The van der Waals surface area contributed by atoms with Crippen LogP contribution >= 0.6 is 0 Å². The maximum Gasteiger partial charge on any atom is 0.241 e. The molecule has 3 aromatic heterocycles. The number of benzene rings is 1. The molecule has 4 aromatic rings. The standard InChI is InChI=1S/C27H32N6O2/c1-19(16-35-23-10-6-3-7-11-23)30-27-28-14-26-24(21-13-29-32(15-21)22-17-34-18-22)12-25(33(26)31-27)20-8-4-2-5-9-20/h3,6-7,10-15,19-20,22H,2,4-5,8-9,16-18H2,1H3,(H,30,31). The van der Waals surface area contributed by atoms with E-state index in [0.29, 0.717) is 24.5 Å². The Morgan fingerprint density at radius 2 is 1.94 bits per heavy atom. The number of nitrogens with one attached hydrogen (secondary N) is 1. The van der Waals surface area contributed by atoms with E-state index in [9.17, 15) is 0 Å². The molecule has 2 fully saturated rings. The van der Waals surface area contributed by atoms with Crippen molar-refractivity contribution >= 4 is 11.5 Å². The Morgan fingerprint density at radius 1 is 1.11 bits per heavy atom. The van der Waals surface area contributed by atoms with E-state index >= 15 is 0 Å². The van der Waals surface area contributed by atoms with Crippen LogP contribution in [-0.2, 0) is 4.74 Å².